The fourth-order valence-corrected chi connectivity index (χ4v) is 4.07. The maximum absolute atomic E-state index is 12.2. The van der Waals surface area contributed by atoms with Gasteiger partial charge in [0.2, 0.25) is 0 Å². The molecule has 0 aliphatic rings. The predicted molar refractivity (Wildman–Crippen MR) is 114 cm³/mol. The molecule has 1 heterocycles. The molecule has 0 saturated heterocycles. The molecule has 30 heavy (non-hydrogen) atoms. The Bertz CT molecular complexity index is 1140. The molecule has 0 fully saturated rings. The molecule has 0 bridgehead atoms. The first-order valence-corrected chi connectivity index (χ1v) is 11.8. The Balaban J connectivity index is 1.66. The number of carbonyl (C=O) groups is 1. The summed E-state index contributed by atoms with van der Waals surface area (Å²) in [6.07, 6.45) is 1.11. The van der Waals surface area contributed by atoms with Crippen molar-refractivity contribution in [3.05, 3.63) is 59.1 Å². The van der Waals surface area contributed by atoms with Gasteiger partial charge in [0.25, 0.3) is 0 Å². The second-order valence-electron chi connectivity index (χ2n) is 6.32. The Labute approximate surface area is 179 Å². The van der Waals surface area contributed by atoms with Crippen LogP contribution in [-0.4, -0.2) is 39.3 Å². The van der Waals surface area contributed by atoms with Gasteiger partial charge in [-0.3, -0.25) is 0 Å². The molecule has 3 rings (SSSR count). The normalized spacial score (nSPS) is 11.2. The van der Waals surface area contributed by atoms with E-state index in [0.29, 0.717) is 23.8 Å². The van der Waals surface area contributed by atoms with Crippen molar-refractivity contribution in [2.24, 2.45) is 0 Å². The molecule has 7 nitrogen and oxygen atoms in total. The smallest absolute Gasteiger partial charge is 0.338 e. The number of aromatic nitrogens is 1. The van der Waals surface area contributed by atoms with Gasteiger partial charge in [-0.1, -0.05) is 0 Å². The number of hydrogen-bond donors (Lipinski definition) is 0. The Morgan fingerprint density at radius 1 is 1.10 bits per heavy atom. The minimum Gasteiger partial charge on any atom is -0.493 e. The van der Waals surface area contributed by atoms with Crippen LogP contribution in [0.15, 0.2) is 52.7 Å². The largest absolute Gasteiger partial charge is 0.493 e. The molecular weight excluding hydrogens is 426 g/mol. The molecule has 0 amide bonds. The van der Waals surface area contributed by atoms with Gasteiger partial charge in [0, 0.05) is 17.2 Å². The predicted octanol–water partition coefficient (Wildman–Crippen LogP) is 3.98. The van der Waals surface area contributed by atoms with Crippen LogP contribution in [-0.2, 0) is 21.2 Å². The molecule has 158 valence electrons. The van der Waals surface area contributed by atoms with Crippen molar-refractivity contribution in [1.82, 2.24) is 4.98 Å². The number of nitrogens with zero attached hydrogens (tertiary/aromatic N) is 1. The third kappa shape index (κ3) is 5.17. The van der Waals surface area contributed by atoms with Crippen molar-refractivity contribution in [3.8, 4) is 22.1 Å². The Hall–Kier alpha value is -2.91. The summed E-state index contributed by atoms with van der Waals surface area (Å²) in [5.41, 5.74) is 1.76. The number of thiazole rings is 1. The molecule has 9 heteroatoms. The SMILES string of the molecule is CCOc1ccc(-c2nc(COC(=O)c3ccc(S(C)(=O)=O)cc3)cs2)cc1OC. The Kier molecular flexibility index (Phi) is 6.73. The van der Waals surface area contributed by atoms with Crippen molar-refractivity contribution >= 4 is 27.1 Å². The third-order valence-corrected chi connectivity index (χ3v) is 6.20. The van der Waals surface area contributed by atoms with E-state index < -0.39 is 15.8 Å². The number of carbonyl (C=O) groups excluding carboxylic acids is 1. The van der Waals surface area contributed by atoms with Crippen LogP contribution < -0.4 is 9.47 Å². The average Bonchev–Trinajstić information content (AvgIpc) is 3.21. The van der Waals surface area contributed by atoms with Crippen LogP contribution in [0, 0.1) is 0 Å². The minimum atomic E-state index is -3.31. The highest BCUT2D eigenvalue weighted by Gasteiger charge is 2.13. The fraction of sp³-hybridized carbons (Fsp3) is 0.238. The van der Waals surface area contributed by atoms with Crippen molar-refractivity contribution in [2.75, 3.05) is 20.0 Å². The Morgan fingerprint density at radius 2 is 1.83 bits per heavy atom. The van der Waals surface area contributed by atoms with Gasteiger partial charge in [0.15, 0.2) is 21.3 Å². The third-order valence-electron chi connectivity index (χ3n) is 4.13. The van der Waals surface area contributed by atoms with Crippen LogP contribution in [0.1, 0.15) is 23.0 Å². The maximum Gasteiger partial charge on any atom is 0.338 e. The molecule has 1 aromatic heterocycles. The van der Waals surface area contributed by atoms with Gasteiger partial charge in [-0.15, -0.1) is 11.3 Å². The van der Waals surface area contributed by atoms with Gasteiger partial charge in [0.1, 0.15) is 11.6 Å². The first-order chi connectivity index (χ1) is 14.3. The summed E-state index contributed by atoms with van der Waals surface area (Å²) in [6, 6.07) is 11.2. The van der Waals surface area contributed by atoms with E-state index in [1.54, 1.807) is 7.11 Å². The summed E-state index contributed by atoms with van der Waals surface area (Å²) < 4.78 is 39.2. The van der Waals surface area contributed by atoms with Gasteiger partial charge in [-0.2, -0.15) is 0 Å². The summed E-state index contributed by atoms with van der Waals surface area (Å²) in [6.45, 7) is 2.46. The lowest BCUT2D eigenvalue weighted by molar-refractivity contribution is 0.0468. The van der Waals surface area contributed by atoms with Gasteiger partial charge in [0.05, 0.1) is 29.9 Å². The summed E-state index contributed by atoms with van der Waals surface area (Å²) in [5, 5.41) is 2.58. The molecule has 0 aliphatic heterocycles. The fourth-order valence-electron chi connectivity index (χ4n) is 2.64. The van der Waals surface area contributed by atoms with E-state index >= 15 is 0 Å². The number of sulfone groups is 1. The average molecular weight is 448 g/mol. The van der Waals surface area contributed by atoms with Gasteiger partial charge in [-0.25, -0.2) is 18.2 Å². The quantitative estimate of drug-likeness (QED) is 0.482. The number of hydrogen-bond acceptors (Lipinski definition) is 8. The molecule has 0 radical (unpaired) electrons. The van der Waals surface area contributed by atoms with Crippen molar-refractivity contribution in [1.29, 1.82) is 0 Å². The first kappa shape index (κ1) is 21.8. The number of esters is 1. The van der Waals surface area contributed by atoms with Crippen LogP contribution in [0.25, 0.3) is 10.6 Å². The van der Waals surface area contributed by atoms with Crippen LogP contribution in [0.5, 0.6) is 11.5 Å². The van der Waals surface area contributed by atoms with Crippen molar-refractivity contribution < 1.29 is 27.4 Å². The summed E-state index contributed by atoms with van der Waals surface area (Å²) in [7, 11) is -1.73. The minimum absolute atomic E-state index is 0.0112. The molecule has 0 aliphatic carbocycles. The van der Waals surface area contributed by atoms with Gasteiger partial charge < -0.3 is 14.2 Å². The lowest BCUT2D eigenvalue weighted by Crippen LogP contribution is -2.06. The van der Waals surface area contributed by atoms with E-state index in [9.17, 15) is 13.2 Å². The number of rotatable bonds is 8. The summed E-state index contributed by atoms with van der Waals surface area (Å²) >= 11 is 1.43. The molecule has 0 saturated carbocycles. The summed E-state index contributed by atoms with van der Waals surface area (Å²) in [4.78, 5) is 16.9. The van der Waals surface area contributed by atoms with E-state index in [1.807, 2.05) is 30.5 Å². The number of methoxy groups -OCH3 is 1. The highest BCUT2D eigenvalue weighted by molar-refractivity contribution is 7.90. The molecule has 0 spiro atoms. The topological polar surface area (TPSA) is 91.8 Å². The van der Waals surface area contributed by atoms with Crippen molar-refractivity contribution in [2.45, 2.75) is 18.4 Å². The lowest BCUT2D eigenvalue weighted by atomic mass is 10.2. The van der Waals surface area contributed by atoms with Crippen LogP contribution >= 0.6 is 11.3 Å². The zero-order valence-corrected chi connectivity index (χ0v) is 18.4. The second kappa shape index (κ2) is 9.27. The molecular formula is C21H21NO6S2. The highest BCUT2D eigenvalue weighted by atomic mass is 32.2. The van der Waals surface area contributed by atoms with E-state index in [4.69, 9.17) is 14.2 Å². The first-order valence-electron chi connectivity index (χ1n) is 9.04. The zero-order valence-electron chi connectivity index (χ0n) is 16.7. The standard InChI is InChI=1S/C21H21NO6S2/c1-4-27-18-10-7-15(11-19(18)26-2)20-22-16(13-29-20)12-28-21(23)14-5-8-17(9-6-14)30(3,24)25/h5-11,13H,4,12H2,1-3H3. The highest BCUT2D eigenvalue weighted by Crippen LogP contribution is 2.33. The maximum atomic E-state index is 12.2. The van der Waals surface area contributed by atoms with E-state index in [-0.39, 0.29) is 17.1 Å². The second-order valence-corrected chi connectivity index (χ2v) is 9.19. The molecule has 0 atom stereocenters. The summed E-state index contributed by atoms with van der Waals surface area (Å²) in [5.74, 6) is 0.735. The van der Waals surface area contributed by atoms with E-state index in [1.165, 1.54) is 35.6 Å². The van der Waals surface area contributed by atoms with Crippen LogP contribution in [0.4, 0.5) is 0 Å². The monoisotopic (exact) mass is 447 g/mol. The molecule has 3 aromatic rings. The van der Waals surface area contributed by atoms with Crippen LogP contribution in [0.2, 0.25) is 0 Å². The molecule has 2 aromatic carbocycles. The zero-order chi connectivity index (χ0) is 21.7. The van der Waals surface area contributed by atoms with E-state index in [0.717, 1.165) is 16.8 Å². The van der Waals surface area contributed by atoms with E-state index in [2.05, 4.69) is 4.98 Å². The van der Waals surface area contributed by atoms with Crippen molar-refractivity contribution in [3.63, 3.8) is 0 Å². The Morgan fingerprint density at radius 3 is 2.47 bits per heavy atom. The van der Waals surface area contributed by atoms with Crippen LogP contribution in [0.3, 0.4) is 0 Å². The van der Waals surface area contributed by atoms with Gasteiger partial charge >= 0.3 is 5.97 Å². The van der Waals surface area contributed by atoms with Gasteiger partial charge in [-0.05, 0) is 49.4 Å². The molecule has 0 unspecified atom stereocenters. The number of benzene rings is 2. The lowest BCUT2D eigenvalue weighted by Gasteiger charge is -2.09. The number of ether oxygens (including phenoxy) is 3. The molecule has 0 N–H and O–H groups in total.